The summed E-state index contributed by atoms with van der Waals surface area (Å²) >= 11 is 0. The second kappa shape index (κ2) is 9.20. The van der Waals surface area contributed by atoms with Crippen LogP contribution < -0.4 is 4.74 Å². The van der Waals surface area contributed by atoms with E-state index in [1.807, 2.05) is 30.3 Å². The Morgan fingerprint density at radius 1 is 0.872 bits per heavy atom. The Labute approximate surface area is 244 Å². The van der Waals surface area contributed by atoms with Gasteiger partial charge in [0.15, 0.2) is 0 Å². The molecule has 0 saturated heterocycles. The third-order valence-corrected chi connectivity index (χ3v) is 8.15. The maximum absolute atomic E-state index is 10.2. The number of aromatic nitrogens is 1. The molecule has 0 amide bonds. The van der Waals surface area contributed by atoms with Gasteiger partial charge >= 0.3 is 0 Å². The largest absolute Gasteiger partial charge is 0.510 e. The normalized spacial score (nSPS) is 21.9. The Morgan fingerprint density at radius 3 is 2.36 bits per heavy atom. The van der Waals surface area contributed by atoms with Crippen LogP contribution in [-0.4, -0.2) is 21.6 Å². The molecule has 0 radical (unpaired) electrons. The summed E-state index contributed by atoms with van der Waals surface area (Å²) in [6.07, 6.45) is 0.789. The van der Waals surface area contributed by atoms with Crippen molar-refractivity contribution in [1.82, 2.24) is 4.98 Å². The first kappa shape index (κ1) is 27.4. The standard InChI is InChI=1S/C33H33N2O3.Pt/c1-30(2,3)32-20-23-11-7-8-15-25(23)33(32,31(4,5)6)35-29(38-32)22-13-9-14-24(19-22)37-27-18-17-21-12-10-16-26(36)28(21)34-27;/h7-18,36H,20H2,1-6H3;/q-1;/t32-,33+;/m0./s1. The minimum absolute atomic E-state index is 0. The number of phenols is 1. The first-order valence-corrected chi connectivity index (χ1v) is 13.1. The van der Waals surface area contributed by atoms with Crippen molar-refractivity contribution in [3.8, 4) is 17.4 Å². The maximum atomic E-state index is 10.2. The van der Waals surface area contributed by atoms with E-state index >= 15 is 0 Å². The average Bonchev–Trinajstić information content (AvgIpc) is 3.36. The van der Waals surface area contributed by atoms with Gasteiger partial charge in [0, 0.05) is 50.1 Å². The predicted molar refractivity (Wildman–Crippen MR) is 150 cm³/mol. The fraction of sp³-hybridized carbons (Fsp3) is 0.333. The number of pyridine rings is 1. The van der Waals surface area contributed by atoms with Crippen LogP contribution in [-0.2, 0) is 37.8 Å². The molecular formula is C33H33N2O3Pt-. The molecule has 2 aliphatic rings. The van der Waals surface area contributed by atoms with Crippen LogP contribution in [0.25, 0.3) is 10.9 Å². The number of aromatic hydroxyl groups is 1. The molecule has 6 heteroatoms. The molecular weight excluding hydrogens is 667 g/mol. The quantitative estimate of drug-likeness (QED) is 0.224. The van der Waals surface area contributed by atoms with Gasteiger partial charge in [0.05, 0.1) is 0 Å². The molecule has 1 N–H and O–H groups in total. The molecule has 5 nitrogen and oxygen atoms in total. The van der Waals surface area contributed by atoms with Gasteiger partial charge < -0.3 is 14.6 Å². The Hall–Kier alpha value is -3.17. The van der Waals surface area contributed by atoms with E-state index < -0.39 is 11.1 Å². The van der Waals surface area contributed by atoms with Gasteiger partial charge in [-0.2, -0.15) is 0 Å². The van der Waals surface area contributed by atoms with Crippen molar-refractivity contribution in [2.75, 3.05) is 0 Å². The summed E-state index contributed by atoms with van der Waals surface area (Å²) in [5.41, 5.74) is 2.25. The number of benzene rings is 3. The number of hydrogen-bond donors (Lipinski definition) is 1. The number of ether oxygens (including phenoxy) is 2. The molecule has 6 rings (SSSR count). The van der Waals surface area contributed by atoms with Gasteiger partial charge in [-0.25, -0.2) is 4.98 Å². The van der Waals surface area contributed by atoms with Gasteiger partial charge in [0.25, 0.3) is 0 Å². The molecule has 2 heterocycles. The number of phenolic OH excluding ortho intramolecular Hbond substituents is 1. The molecule has 0 saturated carbocycles. The van der Waals surface area contributed by atoms with Crippen molar-refractivity contribution < 1.29 is 35.6 Å². The summed E-state index contributed by atoms with van der Waals surface area (Å²) in [6.45, 7) is 13.5. The van der Waals surface area contributed by atoms with Crippen LogP contribution >= 0.6 is 0 Å². The number of fused-ring (bicyclic) bond motifs is 4. The van der Waals surface area contributed by atoms with Crippen LogP contribution in [0.4, 0.5) is 0 Å². The van der Waals surface area contributed by atoms with Crippen molar-refractivity contribution in [1.29, 1.82) is 0 Å². The summed E-state index contributed by atoms with van der Waals surface area (Å²) in [6, 6.07) is 26.7. The molecule has 204 valence electrons. The van der Waals surface area contributed by atoms with Gasteiger partial charge in [-0.1, -0.05) is 89.6 Å². The van der Waals surface area contributed by atoms with E-state index in [4.69, 9.17) is 14.5 Å². The third-order valence-electron chi connectivity index (χ3n) is 8.15. The Morgan fingerprint density at radius 2 is 1.62 bits per heavy atom. The molecule has 0 spiro atoms. The molecule has 1 aromatic heterocycles. The zero-order valence-electron chi connectivity index (χ0n) is 23.1. The number of aliphatic imine (C=N–C) groups is 1. The minimum atomic E-state index is -0.563. The smallest absolute Gasteiger partial charge is 0.217 e. The third kappa shape index (κ3) is 4.00. The zero-order chi connectivity index (χ0) is 26.9. The van der Waals surface area contributed by atoms with Crippen molar-refractivity contribution in [3.05, 3.63) is 95.6 Å². The molecule has 3 aromatic carbocycles. The van der Waals surface area contributed by atoms with Crippen molar-refractivity contribution in [3.63, 3.8) is 0 Å². The van der Waals surface area contributed by atoms with E-state index in [1.165, 1.54) is 11.1 Å². The molecule has 4 aromatic rings. The number of para-hydroxylation sites is 1. The summed E-state index contributed by atoms with van der Waals surface area (Å²) in [7, 11) is 0. The molecule has 1 aliphatic carbocycles. The fourth-order valence-corrected chi connectivity index (χ4v) is 6.41. The molecule has 0 fully saturated rings. The summed E-state index contributed by atoms with van der Waals surface area (Å²) in [5, 5.41) is 11.1. The van der Waals surface area contributed by atoms with E-state index in [-0.39, 0.29) is 37.6 Å². The minimum Gasteiger partial charge on any atom is -0.510 e. The van der Waals surface area contributed by atoms with E-state index in [0.29, 0.717) is 23.0 Å². The summed E-state index contributed by atoms with van der Waals surface area (Å²) in [4.78, 5) is 9.96. The van der Waals surface area contributed by atoms with Crippen molar-refractivity contribution >= 4 is 16.8 Å². The first-order valence-electron chi connectivity index (χ1n) is 13.1. The zero-order valence-corrected chi connectivity index (χ0v) is 25.4. The van der Waals surface area contributed by atoms with Gasteiger partial charge in [-0.3, -0.25) is 4.99 Å². The molecule has 39 heavy (non-hydrogen) atoms. The summed E-state index contributed by atoms with van der Waals surface area (Å²) in [5.74, 6) is 1.58. The van der Waals surface area contributed by atoms with Crippen LogP contribution in [0, 0.1) is 16.9 Å². The van der Waals surface area contributed by atoms with E-state index in [1.54, 1.807) is 18.2 Å². The number of nitrogens with zero attached hydrogens (tertiary/aromatic N) is 2. The SMILES string of the molecule is CC(C)(C)[C@@]12Cc3ccccc3[C@]1(C(C)(C)C)N=C(c1[c-]c(Oc3ccc4cccc(O)c4n3)ccc1)O2.[Pt]. The van der Waals surface area contributed by atoms with E-state index in [0.717, 1.165) is 17.4 Å². The van der Waals surface area contributed by atoms with E-state index in [2.05, 4.69) is 76.9 Å². The Bertz CT molecular complexity index is 1600. The van der Waals surface area contributed by atoms with Crippen LogP contribution in [0.3, 0.4) is 0 Å². The second-order valence-corrected chi connectivity index (χ2v) is 12.4. The van der Waals surface area contributed by atoms with Gasteiger partial charge in [-0.15, -0.1) is 18.2 Å². The Kier molecular flexibility index (Phi) is 6.46. The maximum Gasteiger partial charge on any atom is 0.217 e. The monoisotopic (exact) mass is 700 g/mol. The van der Waals surface area contributed by atoms with Gasteiger partial charge in [0.1, 0.15) is 28.3 Å². The molecule has 1 aliphatic heterocycles. The van der Waals surface area contributed by atoms with Crippen LogP contribution in [0.5, 0.6) is 17.4 Å². The van der Waals surface area contributed by atoms with Gasteiger partial charge in [-0.05, 0) is 28.7 Å². The molecule has 2 atom stereocenters. The summed E-state index contributed by atoms with van der Waals surface area (Å²) < 4.78 is 13.1. The average molecular weight is 701 g/mol. The first-order chi connectivity index (χ1) is 18.0. The van der Waals surface area contributed by atoms with E-state index in [9.17, 15) is 5.11 Å². The van der Waals surface area contributed by atoms with Gasteiger partial charge in [0.2, 0.25) is 5.88 Å². The van der Waals surface area contributed by atoms with Crippen LogP contribution in [0.1, 0.15) is 58.2 Å². The van der Waals surface area contributed by atoms with Crippen molar-refractivity contribution in [2.24, 2.45) is 15.8 Å². The fourth-order valence-electron chi connectivity index (χ4n) is 6.41. The van der Waals surface area contributed by atoms with Crippen LogP contribution in [0.2, 0.25) is 0 Å². The topological polar surface area (TPSA) is 63.9 Å². The second-order valence-electron chi connectivity index (χ2n) is 12.4. The number of rotatable bonds is 3. The molecule has 0 bridgehead atoms. The van der Waals surface area contributed by atoms with Crippen LogP contribution in [0.15, 0.2) is 77.8 Å². The predicted octanol–water partition coefficient (Wildman–Crippen LogP) is 7.59. The Balaban J connectivity index is 0.00000308. The van der Waals surface area contributed by atoms with Crippen molar-refractivity contribution in [2.45, 2.75) is 59.1 Å². The number of hydrogen-bond acceptors (Lipinski definition) is 5. The molecule has 0 unspecified atom stereocenters.